The van der Waals surface area contributed by atoms with Crippen LogP contribution in [0.15, 0.2) is 12.1 Å². The number of anilines is 1. The summed E-state index contributed by atoms with van der Waals surface area (Å²) < 4.78 is 0. The maximum absolute atomic E-state index is 11.3. The second kappa shape index (κ2) is 6.90. The molecule has 0 aliphatic carbocycles. The molecular formula is C12H21N5O. The van der Waals surface area contributed by atoms with Crippen LogP contribution in [0.3, 0.4) is 0 Å². The Morgan fingerprint density at radius 2 is 2.11 bits per heavy atom. The number of amides is 1. The first kappa shape index (κ1) is 14.4. The summed E-state index contributed by atoms with van der Waals surface area (Å²) >= 11 is 0. The molecule has 1 rings (SSSR count). The quantitative estimate of drug-likeness (QED) is 0.689. The molecule has 0 aliphatic rings. The third-order valence-electron chi connectivity index (χ3n) is 2.44. The van der Waals surface area contributed by atoms with E-state index in [4.69, 9.17) is 5.73 Å². The van der Waals surface area contributed by atoms with Gasteiger partial charge in [0, 0.05) is 19.6 Å². The smallest absolute Gasteiger partial charge is 0.271 e. The van der Waals surface area contributed by atoms with Crippen molar-refractivity contribution < 1.29 is 4.79 Å². The summed E-state index contributed by atoms with van der Waals surface area (Å²) in [4.78, 5) is 11.3. The van der Waals surface area contributed by atoms with Gasteiger partial charge in [0.05, 0.1) is 0 Å². The van der Waals surface area contributed by atoms with Crippen molar-refractivity contribution in [2.75, 3.05) is 18.9 Å². The minimum Gasteiger partial charge on any atom is -0.367 e. The van der Waals surface area contributed by atoms with E-state index < -0.39 is 0 Å². The van der Waals surface area contributed by atoms with Crippen LogP contribution < -0.4 is 16.4 Å². The van der Waals surface area contributed by atoms with E-state index in [2.05, 4.69) is 34.7 Å². The Balaban J connectivity index is 2.46. The van der Waals surface area contributed by atoms with Crippen LogP contribution in [0.5, 0.6) is 0 Å². The minimum atomic E-state index is -0.245. The van der Waals surface area contributed by atoms with Crippen molar-refractivity contribution in [1.29, 1.82) is 0 Å². The monoisotopic (exact) mass is 251 g/mol. The van der Waals surface area contributed by atoms with Crippen LogP contribution >= 0.6 is 0 Å². The third-order valence-corrected chi connectivity index (χ3v) is 2.44. The number of hydrogen-bond donors (Lipinski definition) is 3. The van der Waals surface area contributed by atoms with Crippen molar-refractivity contribution in [3.8, 4) is 0 Å². The summed E-state index contributed by atoms with van der Waals surface area (Å²) in [5, 5.41) is 13.3. The van der Waals surface area contributed by atoms with Crippen LogP contribution in [0, 0.1) is 5.92 Å². The van der Waals surface area contributed by atoms with Crippen molar-refractivity contribution in [3.05, 3.63) is 17.8 Å². The molecule has 0 aliphatic heterocycles. The molecule has 6 nitrogen and oxygen atoms in total. The molecule has 1 atom stereocenters. The molecule has 6 heteroatoms. The molecule has 1 amide bonds. The lowest BCUT2D eigenvalue weighted by molar-refractivity contribution is 0.0957. The van der Waals surface area contributed by atoms with E-state index in [0.29, 0.717) is 24.0 Å². The van der Waals surface area contributed by atoms with Gasteiger partial charge in [-0.3, -0.25) is 4.79 Å². The number of nitrogens with one attached hydrogen (secondary N) is 2. The first-order valence-electron chi connectivity index (χ1n) is 6.08. The highest BCUT2D eigenvalue weighted by atomic mass is 16.1. The summed E-state index contributed by atoms with van der Waals surface area (Å²) in [5.41, 5.74) is 6.25. The van der Waals surface area contributed by atoms with E-state index >= 15 is 0 Å². The summed E-state index contributed by atoms with van der Waals surface area (Å²) in [6.07, 6.45) is 0.955. The molecule has 0 spiro atoms. The minimum absolute atomic E-state index is 0.0883. The Morgan fingerprint density at radius 1 is 1.39 bits per heavy atom. The summed E-state index contributed by atoms with van der Waals surface area (Å²) in [7, 11) is 1.56. The molecule has 0 fully saturated rings. The van der Waals surface area contributed by atoms with Crippen molar-refractivity contribution >= 4 is 11.7 Å². The topological polar surface area (TPSA) is 92.9 Å². The maximum atomic E-state index is 11.3. The lowest BCUT2D eigenvalue weighted by Gasteiger charge is -2.14. The van der Waals surface area contributed by atoms with E-state index in [-0.39, 0.29) is 11.9 Å². The molecular weight excluding hydrogens is 230 g/mol. The van der Waals surface area contributed by atoms with Crippen LogP contribution in [0.2, 0.25) is 0 Å². The number of carbonyl (C=O) groups is 1. The van der Waals surface area contributed by atoms with E-state index in [0.717, 1.165) is 6.42 Å². The second-order valence-corrected chi connectivity index (χ2v) is 4.65. The van der Waals surface area contributed by atoms with Gasteiger partial charge in [0.2, 0.25) is 0 Å². The van der Waals surface area contributed by atoms with Crippen molar-refractivity contribution in [3.63, 3.8) is 0 Å². The Bertz CT molecular complexity index is 377. The maximum Gasteiger partial charge on any atom is 0.271 e. The van der Waals surface area contributed by atoms with Gasteiger partial charge < -0.3 is 16.4 Å². The van der Waals surface area contributed by atoms with Gasteiger partial charge in [0.1, 0.15) is 5.82 Å². The highest BCUT2D eigenvalue weighted by Crippen LogP contribution is 2.05. The van der Waals surface area contributed by atoms with Gasteiger partial charge in [-0.2, -0.15) is 0 Å². The van der Waals surface area contributed by atoms with Gasteiger partial charge in [-0.25, -0.2) is 0 Å². The fraction of sp³-hybridized carbons (Fsp3) is 0.583. The fourth-order valence-corrected chi connectivity index (χ4v) is 1.60. The SMILES string of the molecule is CNC(=O)c1ccc(NCC(N)CC(C)C)nn1. The number of rotatable bonds is 6. The van der Waals surface area contributed by atoms with E-state index in [1.165, 1.54) is 0 Å². The Morgan fingerprint density at radius 3 is 2.61 bits per heavy atom. The second-order valence-electron chi connectivity index (χ2n) is 4.65. The number of aromatic nitrogens is 2. The zero-order valence-electron chi connectivity index (χ0n) is 11.1. The average Bonchev–Trinajstić information content (AvgIpc) is 2.35. The van der Waals surface area contributed by atoms with Crippen LogP contribution in [0.1, 0.15) is 30.8 Å². The van der Waals surface area contributed by atoms with E-state index in [1.807, 2.05) is 0 Å². The molecule has 0 saturated carbocycles. The summed E-state index contributed by atoms with van der Waals surface area (Å²) in [6.45, 7) is 4.92. The van der Waals surface area contributed by atoms with E-state index in [1.54, 1.807) is 19.2 Å². The standard InChI is InChI=1S/C12H21N5O/c1-8(2)6-9(13)7-15-11-5-4-10(16-17-11)12(18)14-3/h4-5,8-9H,6-7,13H2,1-3H3,(H,14,18)(H,15,17). The summed E-state index contributed by atoms with van der Waals surface area (Å²) in [6, 6.07) is 3.44. The lowest BCUT2D eigenvalue weighted by atomic mass is 10.0. The molecule has 0 bridgehead atoms. The molecule has 18 heavy (non-hydrogen) atoms. The summed E-state index contributed by atoms with van der Waals surface area (Å²) in [5.74, 6) is 0.955. The molecule has 1 aromatic heterocycles. The zero-order valence-corrected chi connectivity index (χ0v) is 11.1. The number of hydrogen-bond acceptors (Lipinski definition) is 5. The number of nitrogens with two attached hydrogens (primary N) is 1. The Labute approximate surface area is 107 Å². The molecule has 0 saturated heterocycles. The van der Waals surface area contributed by atoms with Gasteiger partial charge in [-0.15, -0.1) is 10.2 Å². The van der Waals surface area contributed by atoms with Gasteiger partial charge in [-0.1, -0.05) is 13.8 Å². The molecule has 4 N–H and O–H groups in total. The van der Waals surface area contributed by atoms with Gasteiger partial charge in [0.15, 0.2) is 5.69 Å². The van der Waals surface area contributed by atoms with Crippen LogP contribution in [0.25, 0.3) is 0 Å². The van der Waals surface area contributed by atoms with Crippen molar-refractivity contribution in [2.45, 2.75) is 26.3 Å². The highest BCUT2D eigenvalue weighted by Gasteiger charge is 2.07. The average molecular weight is 251 g/mol. The van der Waals surface area contributed by atoms with Crippen LogP contribution in [0.4, 0.5) is 5.82 Å². The van der Waals surface area contributed by atoms with Crippen molar-refractivity contribution in [1.82, 2.24) is 15.5 Å². The number of nitrogens with zero attached hydrogens (tertiary/aromatic N) is 2. The zero-order chi connectivity index (χ0) is 13.5. The van der Waals surface area contributed by atoms with Crippen LogP contribution in [-0.2, 0) is 0 Å². The first-order chi connectivity index (χ1) is 8.52. The van der Waals surface area contributed by atoms with Gasteiger partial charge >= 0.3 is 0 Å². The normalized spacial score (nSPS) is 12.3. The molecule has 0 radical (unpaired) electrons. The van der Waals surface area contributed by atoms with E-state index in [9.17, 15) is 4.79 Å². The Kier molecular flexibility index (Phi) is 5.51. The highest BCUT2D eigenvalue weighted by molar-refractivity contribution is 5.91. The Hall–Kier alpha value is -1.69. The fourth-order valence-electron chi connectivity index (χ4n) is 1.60. The van der Waals surface area contributed by atoms with Crippen LogP contribution in [-0.4, -0.2) is 35.7 Å². The molecule has 100 valence electrons. The predicted molar refractivity (Wildman–Crippen MR) is 71.3 cm³/mol. The third kappa shape index (κ3) is 4.67. The molecule has 1 unspecified atom stereocenters. The first-order valence-corrected chi connectivity index (χ1v) is 6.08. The lowest BCUT2D eigenvalue weighted by Crippen LogP contribution is -2.30. The van der Waals surface area contributed by atoms with Gasteiger partial charge in [-0.05, 0) is 24.5 Å². The largest absolute Gasteiger partial charge is 0.367 e. The molecule has 1 aromatic rings. The number of carbonyl (C=O) groups excluding carboxylic acids is 1. The molecule has 1 heterocycles. The molecule has 0 aromatic carbocycles. The van der Waals surface area contributed by atoms with Crippen molar-refractivity contribution in [2.24, 2.45) is 11.7 Å². The predicted octanol–water partition coefficient (Wildman–Crippen LogP) is 0.621. The van der Waals surface area contributed by atoms with Gasteiger partial charge in [0.25, 0.3) is 5.91 Å².